The summed E-state index contributed by atoms with van der Waals surface area (Å²) in [6.07, 6.45) is 8.42. The largest absolute Gasteiger partial charge is 0.252 e. The van der Waals surface area contributed by atoms with Crippen LogP contribution >= 0.6 is 11.6 Å². The normalized spacial score (nSPS) is 17.8. The zero-order chi connectivity index (χ0) is 12.1. The van der Waals surface area contributed by atoms with Crippen molar-refractivity contribution in [3.63, 3.8) is 0 Å². The van der Waals surface area contributed by atoms with E-state index in [1.54, 1.807) is 0 Å². The van der Waals surface area contributed by atoms with Gasteiger partial charge < -0.3 is 0 Å². The standard InChI is InChI=1S/C16H16ClN/c17-15-12-6-3-7-14(12)18-16-11-5-2-1-4-10(11)8-9-13(15)16/h8-9H,1-7H2. The predicted molar refractivity (Wildman–Crippen MR) is 75.4 cm³/mol. The molecule has 2 heteroatoms. The van der Waals surface area contributed by atoms with Crippen LogP contribution in [0, 0.1) is 0 Å². The van der Waals surface area contributed by atoms with E-state index < -0.39 is 0 Å². The Bertz CT molecular complexity index is 645. The maximum absolute atomic E-state index is 6.59. The van der Waals surface area contributed by atoms with Gasteiger partial charge in [0.15, 0.2) is 0 Å². The molecule has 0 radical (unpaired) electrons. The first-order valence-electron chi connectivity index (χ1n) is 6.96. The van der Waals surface area contributed by atoms with E-state index in [0.717, 1.165) is 17.9 Å². The molecule has 2 aliphatic carbocycles. The average molecular weight is 258 g/mol. The zero-order valence-corrected chi connectivity index (χ0v) is 11.2. The molecule has 2 aliphatic rings. The Balaban J connectivity index is 2.08. The quantitative estimate of drug-likeness (QED) is 0.687. The van der Waals surface area contributed by atoms with Gasteiger partial charge in [-0.3, -0.25) is 4.98 Å². The summed E-state index contributed by atoms with van der Waals surface area (Å²) in [5.41, 5.74) is 6.72. The molecule has 0 fully saturated rings. The van der Waals surface area contributed by atoms with Crippen LogP contribution in [0.25, 0.3) is 10.9 Å². The lowest BCUT2D eigenvalue weighted by Gasteiger charge is -2.18. The molecule has 0 bridgehead atoms. The maximum Gasteiger partial charge on any atom is 0.0755 e. The van der Waals surface area contributed by atoms with Crippen molar-refractivity contribution in [1.29, 1.82) is 0 Å². The van der Waals surface area contributed by atoms with Crippen molar-refractivity contribution in [2.45, 2.75) is 44.9 Å². The fraction of sp³-hybridized carbons (Fsp3) is 0.438. The van der Waals surface area contributed by atoms with Gasteiger partial charge in [-0.05, 0) is 61.6 Å². The summed E-state index contributed by atoms with van der Waals surface area (Å²) in [4.78, 5) is 4.95. The van der Waals surface area contributed by atoms with Crippen LogP contribution in [0.4, 0.5) is 0 Å². The van der Waals surface area contributed by atoms with Gasteiger partial charge in [-0.1, -0.05) is 23.7 Å². The number of aryl methyl sites for hydroxylation is 3. The van der Waals surface area contributed by atoms with Gasteiger partial charge in [-0.25, -0.2) is 0 Å². The third-order valence-electron chi connectivity index (χ3n) is 4.44. The van der Waals surface area contributed by atoms with Crippen LogP contribution < -0.4 is 0 Å². The van der Waals surface area contributed by atoms with Gasteiger partial charge in [0.25, 0.3) is 0 Å². The molecule has 0 saturated heterocycles. The second kappa shape index (κ2) is 3.96. The molecule has 0 amide bonds. The summed E-state index contributed by atoms with van der Waals surface area (Å²) < 4.78 is 0. The van der Waals surface area contributed by atoms with Crippen molar-refractivity contribution in [2.24, 2.45) is 0 Å². The number of halogens is 1. The van der Waals surface area contributed by atoms with Gasteiger partial charge in [-0.2, -0.15) is 0 Å². The third kappa shape index (κ3) is 1.43. The van der Waals surface area contributed by atoms with Gasteiger partial charge in [0.05, 0.1) is 10.5 Å². The fourth-order valence-electron chi connectivity index (χ4n) is 3.50. The van der Waals surface area contributed by atoms with Gasteiger partial charge in [-0.15, -0.1) is 0 Å². The Morgan fingerprint density at radius 3 is 2.67 bits per heavy atom. The summed E-state index contributed by atoms with van der Waals surface area (Å²) in [5, 5.41) is 2.15. The highest BCUT2D eigenvalue weighted by Crippen LogP contribution is 2.37. The van der Waals surface area contributed by atoms with Crippen LogP contribution in [0.3, 0.4) is 0 Å². The molecule has 0 aliphatic heterocycles. The first-order chi connectivity index (χ1) is 8.84. The Morgan fingerprint density at radius 1 is 0.889 bits per heavy atom. The second-order valence-electron chi connectivity index (χ2n) is 5.51. The van der Waals surface area contributed by atoms with Crippen molar-refractivity contribution in [3.8, 4) is 0 Å². The number of pyridine rings is 1. The number of rotatable bonds is 0. The predicted octanol–water partition coefficient (Wildman–Crippen LogP) is 4.26. The maximum atomic E-state index is 6.59. The number of benzene rings is 1. The third-order valence-corrected chi connectivity index (χ3v) is 4.87. The van der Waals surface area contributed by atoms with Crippen LogP contribution in [0.1, 0.15) is 41.6 Å². The van der Waals surface area contributed by atoms with E-state index >= 15 is 0 Å². The Morgan fingerprint density at radius 2 is 1.72 bits per heavy atom. The second-order valence-corrected chi connectivity index (χ2v) is 5.89. The minimum atomic E-state index is 0.973. The number of nitrogens with zero attached hydrogens (tertiary/aromatic N) is 1. The molecule has 92 valence electrons. The molecule has 4 rings (SSSR count). The van der Waals surface area contributed by atoms with E-state index in [9.17, 15) is 0 Å². The molecular formula is C16H16ClN. The van der Waals surface area contributed by atoms with Crippen molar-refractivity contribution in [2.75, 3.05) is 0 Å². The Kier molecular flexibility index (Phi) is 2.38. The summed E-state index contributed by atoms with van der Waals surface area (Å²) in [7, 11) is 0. The highest BCUT2D eigenvalue weighted by atomic mass is 35.5. The van der Waals surface area contributed by atoms with Crippen molar-refractivity contribution < 1.29 is 0 Å². The molecule has 0 atom stereocenters. The van der Waals surface area contributed by atoms with Gasteiger partial charge in [0.1, 0.15) is 0 Å². The van der Waals surface area contributed by atoms with Crippen molar-refractivity contribution in [3.05, 3.63) is 39.5 Å². The molecule has 1 aromatic carbocycles. The van der Waals surface area contributed by atoms with Gasteiger partial charge >= 0.3 is 0 Å². The first kappa shape index (κ1) is 10.8. The highest BCUT2D eigenvalue weighted by molar-refractivity contribution is 6.36. The number of hydrogen-bond donors (Lipinski definition) is 0. The number of hydrogen-bond acceptors (Lipinski definition) is 1. The van der Waals surface area contributed by atoms with E-state index in [2.05, 4.69) is 12.1 Å². The molecule has 0 N–H and O–H groups in total. The van der Waals surface area contributed by atoms with E-state index in [-0.39, 0.29) is 0 Å². The molecule has 0 unspecified atom stereocenters. The summed E-state index contributed by atoms with van der Waals surface area (Å²) in [6.45, 7) is 0. The molecule has 0 saturated carbocycles. The van der Waals surface area contributed by atoms with E-state index in [0.29, 0.717) is 0 Å². The highest BCUT2D eigenvalue weighted by Gasteiger charge is 2.21. The smallest absolute Gasteiger partial charge is 0.0755 e. The van der Waals surface area contributed by atoms with Gasteiger partial charge in [0.2, 0.25) is 0 Å². The number of fused-ring (bicyclic) bond motifs is 4. The van der Waals surface area contributed by atoms with Crippen LogP contribution in [-0.2, 0) is 25.7 Å². The molecule has 2 aromatic rings. The van der Waals surface area contributed by atoms with Crippen LogP contribution in [0.15, 0.2) is 12.1 Å². The molecular weight excluding hydrogens is 242 g/mol. The van der Waals surface area contributed by atoms with E-state index in [1.807, 2.05) is 0 Å². The minimum absolute atomic E-state index is 0.973. The lowest BCUT2D eigenvalue weighted by atomic mass is 9.89. The van der Waals surface area contributed by atoms with E-state index in [4.69, 9.17) is 16.6 Å². The number of aromatic nitrogens is 1. The van der Waals surface area contributed by atoms with Crippen LogP contribution in [0.2, 0.25) is 5.02 Å². The first-order valence-corrected chi connectivity index (χ1v) is 7.34. The topological polar surface area (TPSA) is 12.9 Å². The summed E-state index contributed by atoms with van der Waals surface area (Å²) in [5.74, 6) is 0. The lowest BCUT2D eigenvalue weighted by molar-refractivity contribution is 0.688. The van der Waals surface area contributed by atoms with Gasteiger partial charge in [0, 0.05) is 11.1 Å². The Hall–Kier alpha value is -1.08. The van der Waals surface area contributed by atoms with Crippen molar-refractivity contribution >= 4 is 22.5 Å². The molecule has 1 heterocycles. The monoisotopic (exact) mass is 257 g/mol. The van der Waals surface area contributed by atoms with Crippen LogP contribution in [-0.4, -0.2) is 4.98 Å². The average Bonchev–Trinajstić information content (AvgIpc) is 2.87. The molecule has 1 aromatic heterocycles. The Labute approximate surface area is 112 Å². The SMILES string of the molecule is Clc1c2c(nc3c4c(ccc13)CCCC4)CCC2. The fourth-order valence-corrected chi connectivity index (χ4v) is 3.85. The zero-order valence-electron chi connectivity index (χ0n) is 10.4. The minimum Gasteiger partial charge on any atom is -0.252 e. The molecule has 18 heavy (non-hydrogen) atoms. The van der Waals surface area contributed by atoms with E-state index in [1.165, 1.54) is 65.4 Å². The lowest BCUT2D eigenvalue weighted by Crippen LogP contribution is -2.05. The van der Waals surface area contributed by atoms with Crippen LogP contribution in [0.5, 0.6) is 0 Å². The summed E-state index contributed by atoms with van der Waals surface area (Å²) >= 11 is 6.59. The van der Waals surface area contributed by atoms with Crippen molar-refractivity contribution in [1.82, 2.24) is 4.98 Å². The molecule has 0 spiro atoms. The summed E-state index contributed by atoms with van der Waals surface area (Å²) in [6, 6.07) is 4.46. The molecule has 1 nitrogen and oxygen atoms in total.